The number of hydrogen-bond acceptors (Lipinski definition) is 3. The minimum atomic E-state index is -0.157. The van der Waals surface area contributed by atoms with Crippen molar-refractivity contribution in [2.45, 2.75) is 58.2 Å². The highest BCUT2D eigenvalue weighted by Crippen LogP contribution is 2.36. The maximum absolute atomic E-state index is 12.6. The smallest absolute Gasteiger partial charge is 0.410 e. The Balaban J connectivity index is 1.55. The number of ether oxygens (including phenoxy) is 1. The second-order valence-corrected chi connectivity index (χ2v) is 7.05. The topological polar surface area (TPSA) is 32.8 Å². The maximum Gasteiger partial charge on any atom is 0.410 e. The van der Waals surface area contributed by atoms with E-state index in [2.05, 4.69) is 24.8 Å². The lowest BCUT2D eigenvalue weighted by molar-refractivity contribution is 0.0813. The van der Waals surface area contributed by atoms with Gasteiger partial charge in [0.2, 0.25) is 0 Å². The van der Waals surface area contributed by atoms with Crippen molar-refractivity contribution in [1.82, 2.24) is 9.80 Å². The molecule has 3 rings (SSSR count). The molecule has 2 bridgehead atoms. The average Bonchev–Trinajstić information content (AvgIpc) is 2.92. The van der Waals surface area contributed by atoms with Gasteiger partial charge < -0.3 is 9.64 Å². The van der Waals surface area contributed by atoms with E-state index in [-0.39, 0.29) is 12.1 Å². The number of hydrogen-bond donors (Lipinski definition) is 0. The monoisotopic (exact) mass is 342 g/mol. The van der Waals surface area contributed by atoms with Crippen LogP contribution >= 0.6 is 0 Å². The quantitative estimate of drug-likeness (QED) is 0.696. The van der Waals surface area contributed by atoms with Crippen molar-refractivity contribution in [3.05, 3.63) is 47.5 Å². The fourth-order valence-corrected chi connectivity index (χ4v) is 4.02. The van der Waals surface area contributed by atoms with Crippen LogP contribution in [0.4, 0.5) is 4.79 Å². The second-order valence-electron chi connectivity index (χ2n) is 7.05. The first-order chi connectivity index (χ1) is 12.2. The molecule has 4 heteroatoms. The third-order valence-electron chi connectivity index (χ3n) is 5.53. The molecule has 0 aliphatic carbocycles. The third kappa shape index (κ3) is 4.43. The molecular formula is C21H30N2O2. The van der Waals surface area contributed by atoms with Gasteiger partial charge in [-0.15, -0.1) is 0 Å². The highest BCUT2D eigenvalue weighted by atomic mass is 16.6. The summed E-state index contributed by atoms with van der Waals surface area (Å²) in [6.07, 6.45) is 6.47. The van der Waals surface area contributed by atoms with Crippen LogP contribution in [0.25, 0.3) is 0 Å². The first-order valence-corrected chi connectivity index (χ1v) is 9.62. The molecule has 2 heterocycles. The van der Waals surface area contributed by atoms with E-state index in [0.717, 1.165) is 50.9 Å². The Bertz CT molecular complexity index is 595. The maximum atomic E-state index is 12.6. The molecule has 4 nitrogen and oxygen atoms in total. The van der Waals surface area contributed by atoms with Crippen LogP contribution in [0.2, 0.25) is 0 Å². The van der Waals surface area contributed by atoms with Crippen LogP contribution in [-0.2, 0) is 11.3 Å². The van der Waals surface area contributed by atoms with E-state index in [4.69, 9.17) is 4.74 Å². The lowest BCUT2D eigenvalue weighted by atomic mass is 9.98. The van der Waals surface area contributed by atoms with E-state index in [0.29, 0.717) is 12.6 Å². The predicted molar refractivity (Wildman–Crippen MR) is 100 cm³/mol. The molecule has 0 saturated carbocycles. The lowest BCUT2D eigenvalue weighted by Gasteiger charge is -2.33. The number of carbonyl (C=O) groups is 1. The molecule has 0 radical (unpaired) electrons. The number of nitrogens with zero attached hydrogens (tertiary/aromatic N) is 2. The van der Waals surface area contributed by atoms with Gasteiger partial charge in [-0.2, -0.15) is 0 Å². The molecule has 1 fully saturated rings. The van der Waals surface area contributed by atoms with Gasteiger partial charge in [0.15, 0.2) is 0 Å². The SMILES string of the molecule is CCN(CC)CCC1=CC2CCC(C1)N2C(=O)OCc1ccccc1. The Hall–Kier alpha value is -1.81. The van der Waals surface area contributed by atoms with E-state index in [1.54, 1.807) is 0 Å². The summed E-state index contributed by atoms with van der Waals surface area (Å²) in [5.41, 5.74) is 2.56. The highest BCUT2D eigenvalue weighted by Gasteiger charge is 2.40. The Labute approximate surface area is 151 Å². The van der Waals surface area contributed by atoms with Crippen molar-refractivity contribution in [1.29, 1.82) is 0 Å². The Kier molecular flexibility index (Phi) is 6.14. The van der Waals surface area contributed by atoms with E-state index in [1.807, 2.05) is 35.2 Å². The summed E-state index contributed by atoms with van der Waals surface area (Å²) in [7, 11) is 0. The van der Waals surface area contributed by atoms with Gasteiger partial charge in [0.25, 0.3) is 0 Å². The van der Waals surface area contributed by atoms with Gasteiger partial charge >= 0.3 is 6.09 Å². The zero-order chi connectivity index (χ0) is 17.6. The predicted octanol–water partition coefficient (Wildman–Crippen LogP) is 4.22. The van der Waals surface area contributed by atoms with Crippen LogP contribution in [0.15, 0.2) is 42.0 Å². The summed E-state index contributed by atoms with van der Waals surface area (Å²) in [5, 5.41) is 0. The fraction of sp³-hybridized carbons (Fsp3) is 0.571. The molecule has 0 aromatic heterocycles. The average molecular weight is 342 g/mol. The number of fused-ring (bicyclic) bond motifs is 2. The van der Waals surface area contributed by atoms with Crippen molar-refractivity contribution in [2.75, 3.05) is 19.6 Å². The largest absolute Gasteiger partial charge is 0.445 e. The van der Waals surface area contributed by atoms with Gasteiger partial charge in [-0.05, 0) is 44.3 Å². The molecule has 0 N–H and O–H groups in total. The summed E-state index contributed by atoms with van der Waals surface area (Å²) in [4.78, 5) is 17.0. The zero-order valence-electron chi connectivity index (χ0n) is 15.5. The van der Waals surface area contributed by atoms with Gasteiger partial charge in [-0.3, -0.25) is 4.90 Å². The van der Waals surface area contributed by atoms with E-state index < -0.39 is 0 Å². The molecular weight excluding hydrogens is 312 g/mol. The number of amides is 1. The normalized spacial score (nSPS) is 22.2. The van der Waals surface area contributed by atoms with Gasteiger partial charge in [0.05, 0.1) is 6.04 Å². The van der Waals surface area contributed by atoms with Gasteiger partial charge in [-0.25, -0.2) is 4.79 Å². The van der Waals surface area contributed by atoms with Gasteiger partial charge in [-0.1, -0.05) is 55.8 Å². The van der Waals surface area contributed by atoms with E-state index in [9.17, 15) is 4.79 Å². The van der Waals surface area contributed by atoms with Crippen molar-refractivity contribution in [2.24, 2.45) is 0 Å². The van der Waals surface area contributed by atoms with Gasteiger partial charge in [0.1, 0.15) is 6.61 Å². The number of benzene rings is 1. The summed E-state index contributed by atoms with van der Waals surface area (Å²) in [5.74, 6) is 0. The molecule has 2 unspecified atom stereocenters. The molecule has 2 atom stereocenters. The third-order valence-corrected chi connectivity index (χ3v) is 5.53. The summed E-state index contributed by atoms with van der Waals surface area (Å²) in [6.45, 7) is 8.12. The van der Waals surface area contributed by atoms with E-state index in [1.165, 1.54) is 5.57 Å². The van der Waals surface area contributed by atoms with E-state index >= 15 is 0 Å². The van der Waals surface area contributed by atoms with Crippen LogP contribution in [-0.4, -0.2) is 47.6 Å². The number of rotatable bonds is 7. The fourth-order valence-electron chi connectivity index (χ4n) is 4.02. The van der Waals surface area contributed by atoms with Crippen LogP contribution in [0, 0.1) is 0 Å². The highest BCUT2D eigenvalue weighted by molar-refractivity contribution is 5.70. The summed E-state index contributed by atoms with van der Waals surface area (Å²) < 4.78 is 5.57. The minimum absolute atomic E-state index is 0.157. The van der Waals surface area contributed by atoms with Crippen LogP contribution < -0.4 is 0 Å². The molecule has 2 aliphatic rings. The number of carbonyl (C=O) groups excluding carboxylic acids is 1. The van der Waals surface area contributed by atoms with Crippen LogP contribution in [0.1, 0.15) is 45.1 Å². The van der Waals surface area contributed by atoms with Crippen LogP contribution in [0.3, 0.4) is 0 Å². The Morgan fingerprint density at radius 2 is 1.96 bits per heavy atom. The van der Waals surface area contributed by atoms with Gasteiger partial charge in [0, 0.05) is 12.6 Å². The standard InChI is InChI=1S/C21H30N2O2/c1-3-22(4-2)13-12-18-14-19-10-11-20(15-18)23(19)21(24)25-16-17-8-6-5-7-9-17/h5-9,14,19-20H,3-4,10-13,15-16H2,1-2H3. The molecule has 2 aliphatic heterocycles. The van der Waals surface area contributed by atoms with Crippen molar-refractivity contribution < 1.29 is 9.53 Å². The first kappa shape index (κ1) is 18.0. The molecule has 1 amide bonds. The molecule has 1 aromatic carbocycles. The molecule has 0 spiro atoms. The molecule has 136 valence electrons. The van der Waals surface area contributed by atoms with Crippen molar-refractivity contribution in [3.8, 4) is 0 Å². The molecule has 1 saturated heterocycles. The van der Waals surface area contributed by atoms with Crippen LogP contribution in [0.5, 0.6) is 0 Å². The summed E-state index contributed by atoms with van der Waals surface area (Å²) >= 11 is 0. The summed E-state index contributed by atoms with van der Waals surface area (Å²) in [6, 6.07) is 10.4. The second kappa shape index (κ2) is 8.52. The molecule has 25 heavy (non-hydrogen) atoms. The Morgan fingerprint density at radius 3 is 2.64 bits per heavy atom. The Morgan fingerprint density at radius 1 is 1.20 bits per heavy atom. The minimum Gasteiger partial charge on any atom is -0.445 e. The zero-order valence-corrected chi connectivity index (χ0v) is 15.5. The van der Waals surface area contributed by atoms with Crippen molar-refractivity contribution in [3.63, 3.8) is 0 Å². The van der Waals surface area contributed by atoms with Crippen molar-refractivity contribution >= 4 is 6.09 Å². The first-order valence-electron chi connectivity index (χ1n) is 9.62. The molecule has 1 aromatic rings. The lowest BCUT2D eigenvalue weighted by Crippen LogP contribution is -2.43.